The summed E-state index contributed by atoms with van der Waals surface area (Å²) >= 11 is 1.59. The van der Waals surface area contributed by atoms with Crippen molar-refractivity contribution in [3.63, 3.8) is 0 Å². The van der Waals surface area contributed by atoms with Crippen LogP contribution in [0.2, 0.25) is 0 Å². The Morgan fingerprint density at radius 1 is 1.14 bits per heavy atom. The number of amides is 1. The van der Waals surface area contributed by atoms with E-state index in [1.807, 2.05) is 36.1 Å². The summed E-state index contributed by atoms with van der Waals surface area (Å²) in [7, 11) is 4.26. The first-order valence-electron chi connectivity index (χ1n) is 10.2. The number of thiazole rings is 1. The lowest BCUT2D eigenvalue weighted by molar-refractivity contribution is -0.858. The first-order chi connectivity index (χ1) is 14.0. The third kappa shape index (κ3) is 5.34. The average Bonchev–Trinajstić information content (AvgIpc) is 3.14. The van der Waals surface area contributed by atoms with Crippen LogP contribution in [-0.4, -0.2) is 44.7 Å². The lowest BCUT2D eigenvalue weighted by Crippen LogP contribution is -3.05. The number of ether oxygens (including phenoxy) is 1. The predicted octanol–water partition coefficient (Wildman–Crippen LogP) is 3.44. The highest BCUT2D eigenvalue weighted by Crippen LogP contribution is 2.31. The number of hydrogen-bond donors (Lipinski definition) is 1. The molecule has 0 aliphatic heterocycles. The number of hydrogen-bond acceptors (Lipinski definition) is 4. The minimum Gasteiger partial charge on any atom is -0.494 e. The van der Waals surface area contributed by atoms with Crippen molar-refractivity contribution in [3.8, 4) is 5.75 Å². The molecule has 0 aliphatic rings. The number of benzene rings is 2. The van der Waals surface area contributed by atoms with E-state index in [1.54, 1.807) is 11.3 Å². The van der Waals surface area contributed by atoms with Crippen molar-refractivity contribution in [2.45, 2.75) is 26.7 Å². The van der Waals surface area contributed by atoms with E-state index < -0.39 is 0 Å². The molecule has 0 bridgehead atoms. The minimum atomic E-state index is -0.0171. The molecule has 6 heteroatoms. The number of quaternary nitrogens is 1. The summed E-state index contributed by atoms with van der Waals surface area (Å²) in [5.74, 6) is 0.760. The number of carbonyl (C=O) groups is 1. The van der Waals surface area contributed by atoms with Gasteiger partial charge < -0.3 is 9.64 Å². The van der Waals surface area contributed by atoms with Crippen LogP contribution in [0.25, 0.3) is 10.2 Å². The zero-order valence-corrected chi connectivity index (χ0v) is 18.5. The van der Waals surface area contributed by atoms with E-state index in [0.717, 1.165) is 40.5 Å². The van der Waals surface area contributed by atoms with E-state index in [0.29, 0.717) is 18.7 Å². The Labute approximate surface area is 176 Å². The zero-order chi connectivity index (χ0) is 20.8. The SMILES string of the molecule is CCOc1ccc(C(=O)N(CCC[NH+](C)C)c2nc3ccc(CC)cc3s2)cc1. The van der Waals surface area contributed by atoms with Crippen LogP contribution in [0, 0.1) is 0 Å². The van der Waals surface area contributed by atoms with Crippen LogP contribution >= 0.6 is 11.3 Å². The second kappa shape index (κ2) is 9.85. The van der Waals surface area contributed by atoms with Gasteiger partial charge in [-0.25, -0.2) is 4.98 Å². The zero-order valence-electron chi connectivity index (χ0n) is 17.7. The fraction of sp³-hybridized carbons (Fsp3) is 0.391. The van der Waals surface area contributed by atoms with Crippen molar-refractivity contribution in [1.29, 1.82) is 0 Å². The van der Waals surface area contributed by atoms with Gasteiger partial charge in [0.2, 0.25) is 0 Å². The largest absolute Gasteiger partial charge is 0.494 e. The number of aromatic nitrogens is 1. The normalized spacial score (nSPS) is 11.2. The molecular formula is C23H30N3O2S+. The summed E-state index contributed by atoms with van der Waals surface area (Å²) in [4.78, 5) is 21.3. The molecule has 1 amide bonds. The second-order valence-corrected chi connectivity index (χ2v) is 8.39. The number of nitrogens with one attached hydrogen (secondary N) is 1. The van der Waals surface area contributed by atoms with Crippen LogP contribution < -0.4 is 14.5 Å². The summed E-state index contributed by atoms with van der Waals surface area (Å²) in [6, 6.07) is 13.7. The Bertz CT molecular complexity index is 950. The minimum absolute atomic E-state index is 0.0171. The second-order valence-electron chi connectivity index (χ2n) is 7.38. The molecule has 154 valence electrons. The van der Waals surface area contributed by atoms with Gasteiger partial charge in [-0.2, -0.15) is 0 Å². The molecule has 5 nitrogen and oxygen atoms in total. The van der Waals surface area contributed by atoms with Crippen molar-refractivity contribution in [3.05, 3.63) is 53.6 Å². The fourth-order valence-corrected chi connectivity index (χ4v) is 4.24. The molecule has 0 spiro atoms. The van der Waals surface area contributed by atoms with Gasteiger partial charge >= 0.3 is 0 Å². The average molecular weight is 413 g/mol. The molecule has 1 aromatic heterocycles. The Kier molecular flexibility index (Phi) is 7.23. The van der Waals surface area contributed by atoms with Crippen LogP contribution in [-0.2, 0) is 6.42 Å². The molecule has 2 aromatic carbocycles. The van der Waals surface area contributed by atoms with Crippen molar-refractivity contribution >= 4 is 32.6 Å². The standard InChI is InChI=1S/C23H29N3O2S/c1-5-17-8-13-20-21(16-17)29-23(24-20)26(15-7-14-25(3)4)22(27)18-9-11-19(12-10-18)28-6-2/h8-13,16H,5-7,14-15H2,1-4H3/p+1. The highest BCUT2D eigenvalue weighted by molar-refractivity contribution is 7.22. The maximum absolute atomic E-state index is 13.3. The van der Waals surface area contributed by atoms with Gasteiger partial charge in [0, 0.05) is 18.5 Å². The maximum atomic E-state index is 13.3. The Morgan fingerprint density at radius 2 is 1.90 bits per heavy atom. The smallest absolute Gasteiger partial charge is 0.260 e. The van der Waals surface area contributed by atoms with Gasteiger partial charge in [0.25, 0.3) is 5.91 Å². The summed E-state index contributed by atoms with van der Waals surface area (Å²) < 4.78 is 6.63. The fourth-order valence-electron chi connectivity index (χ4n) is 3.18. The van der Waals surface area contributed by atoms with Crippen LogP contribution in [0.1, 0.15) is 36.2 Å². The van der Waals surface area contributed by atoms with E-state index >= 15 is 0 Å². The van der Waals surface area contributed by atoms with Gasteiger partial charge in [-0.05, 0) is 55.3 Å². The number of rotatable bonds is 9. The molecule has 29 heavy (non-hydrogen) atoms. The highest BCUT2D eigenvalue weighted by atomic mass is 32.1. The molecule has 0 atom stereocenters. The maximum Gasteiger partial charge on any atom is 0.260 e. The van der Waals surface area contributed by atoms with Crippen LogP contribution in [0.3, 0.4) is 0 Å². The van der Waals surface area contributed by atoms with Gasteiger partial charge in [-0.15, -0.1) is 0 Å². The monoisotopic (exact) mass is 412 g/mol. The Morgan fingerprint density at radius 3 is 2.55 bits per heavy atom. The van der Waals surface area contributed by atoms with Gasteiger partial charge in [-0.3, -0.25) is 9.69 Å². The van der Waals surface area contributed by atoms with Gasteiger partial charge in [0.15, 0.2) is 5.13 Å². The molecule has 0 unspecified atom stereocenters. The van der Waals surface area contributed by atoms with Crippen molar-refractivity contribution in [2.24, 2.45) is 0 Å². The molecule has 1 heterocycles. The molecule has 0 aliphatic carbocycles. The molecule has 3 aromatic rings. The van der Waals surface area contributed by atoms with Crippen molar-refractivity contribution < 1.29 is 14.4 Å². The van der Waals surface area contributed by atoms with Gasteiger partial charge in [0.05, 0.1) is 37.5 Å². The first kappa shape index (κ1) is 21.3. The summed E-state index contributed by atoms with van der Waals surface area (Å²) in [5.41, 5.74) is 2.89. The first-order valence-corrected chi connectivity index (χ1v) is 11.1. The van der Waals surface area contributed by atoms with Gasteiger partial charge in [-0.1, -0.05) is 24.3 Å². The van der Waals surface area contributed by atoms with Crippen LogP contribution in [0.4, 0.5) is 5.13 Å². The van der Waals surface area contributed by atoms with E-state index in [4.69, 9.17) is 9.72 Å². The lowest BCUT2D eigenvalue weighted by Gasteiger charge is -2.20. The van der Waals surface area contributed by atoms with E-state index in [9.17, 15) is 4.79 Å². The van der Waals surface area contributed by atoms with Gasteiger partial charge in [0.1, 0.15) is 5.75 Å². The molecule has 0 saturated heterocycles. The van der Waals surface area contributed by atoms with Crippen LogP contribution in [0.5, 0.6) is 5.75 Å². The highest BCUT2D eigenvalue weighted by Gasteiger charge is 2.21. The quantitative estimate of drug-likeness (QED) is 0.586. The molecule has 0 saturated carbocycles. The van der Waals surface area contributed by atoms with E-state index in [2.05, 4.69) is 39.2 Å². The number of aryl methyl sites for hydroxylation is 1. The number of carbonyl (C=O) groups excluding carboxylic acids is 1. The lowest BCUT2D eigenvalue weighted by atomic mass is 10.2. The van der Waals surface area contributed by atoms with Crippen LogP contribution in [0.15, 0.2) is 42.5 Å². The molecular weight excluding hydrogens is 382 g/mol. The van der Waals surface area contributed by atoms with Crippen molar-refractivity contribution in [1.82, 2.24) is 4.98 Å². The third-order valence-corrected chi connectivity index (χ3v) is 5.84. The number of nitrogens with zero attached hydrogens (tertiary/aromatic N) is 2. The Balaban J connectivity index is 1.89. The molecule has 0 radical (unpaired) electrons. The number of anilines is 1. The summed E-state index contributed by atoms with van der Waals surface area (Å²) in [6.45, 7) is 6.35. The van der Waals surface area contributed by atoms with E-state index in [-0.39, 0.29) is 5.91 Å². The predicted molar refractivity (Wildman–Crippen MR) is 121 cm³/mol. The van der Waals surface area contributed by atoms with Crippen molar-refractivity contribution in [2.75, 3.05) is 38.7 Å². The third-order valence-electron chi connectivity index (χ3n) is 4.80. The topological polar surface area (TPSA) is 46.9 Å². The molecule has 1 N–H and O–H groups in total. The number of fused-ring (bicyclic) bond motifs is 1. The molecule has 0 fully saturated rings. The van der Waals surface area contributed by atoms with E-state index in [1.165, 1.54) is 10.5 Å². The summed E-state index contributed by atoms with van der Waals surface area (Å²) in [5, 5.41) is 0.765. The summed E-state index contributed by atoms with van der Waals surface area (Å²) in [6.07, 6.45) is 1.91. The Hall–Kier alpha value is -2.44. The molecule has 3 rings (SSSR count).